The molecule has 0 amide bonds. The van der Waals surface area contributed by atoms with Gasteiger partial charge in [0.2, 0.25) is 0 Å². The van der Waals surface area contributed by atoms with Crippen molar-refractivity contribution in [2.75, 3.05) is 0 Å². The van der Waals surface area contributed by atoms with E-state index in [4.69, 9.17) is 0 Å². The van der Waals surface area contributed by atoms with Gasteiger partial charge in [0.15, 0.2) is 0 Å². The summed E-state index contributed by atoms with van der Waals surface area (Å²) < 4.78 is 0. The van der Waals surface area contributed by atoms with E-state index < -0.39 is 0 Å². The van der Waals surface area contributed by atoms with Crippen LogP contribution in [0.2, 0.25) is 0 Å². The van der Waals surface area contributed by atoms with Crippen molar-refractivity contribution >= 4 is 27.3 Å². The first-order valence-electron chi connectivity index (χ1n) is 5.33. The maximum absolute atomic E-state index is 4.61. The van der Waals surface area contributed by atoms with E-state index in [0.717, 1.165) is 0 Å². The fourth-order valence-electron chi connectivity index (χ4n) is 2.15. The highest BCUT2D eigenvalue weighted by molar-refractivity contribution is 9.09. The Kier molecular flexibility index (Phi) is 3.61. The minimum absolute atomic E-state index is 0.645. The number of aryl methyl sites for hydroxylation is 1. The van der Waals surface area contributed by atoms with Gasteiger partial charge >= 0.3 is 0 Å². The van der Waals surface area contributed by atoms with Crippen LogP contribution in [0.15, 0.2) is 5.38 Å². The van der Waals surface area contributed by atoms with E-state index in [1.165, 1.54) is 42.8 Å². The van der Waals surface area contributed by atoms with Gasteiger partial charge in [-0.3, -0.25) is 0 Å². The molecule has 1 aliphatic carbocycles. The Balaban J connectivity index is 2.14. The second kappa shape index (κ2) is 4.75. The van der Waals surface area contributed by atoms with Gasteiger partial charge in [-0.25, -0.2) is 4.98 Å². The lowest BCUT2D eigenvalue weighted by atomic mass is 9.97. The second-order valence-corrected chi connectivity index (χ2v) is 6.29. The van der Waals surface area contributed by atoms with E-state index in [2.05, 4.69) is 33.2 Å². The highest BCUT2D eigenvalue weighted by Gasteiger charge is 2.24. The summed E-state index contributed by atoms with van der Waals surface area (Å²) in [4.78, 5) is 5.26. The van der Waals surface area contributed by atoms with Crippen molar-refractivity contribution in [1.82, 2.24) is 4.98 Å². The third kappa shape index (κ3) is 2.37. The van der Waals surface area contributed by atoms with Crippen molar-refractivity contribution in [3.63, 3.8) is 0 Å². The first kappa shape index (κ1) is 10.6. The lowest BCUT2D eigenvalue weighted by molar-refractivity contribution is 0.599. The van der Waals surface area contributed by atoms with Crippen molar-refractivity contribution in [1.29, 1.82) is 0 Å². The molecule has 1 aromatic rings. The molecule has 0 aromatic carbocycles. The number of halogens is 1. The Hall–Kier alpha value is 0.110. The summed E-state index contributed by atoms with van der Waals surface area (Å²) in [6.45, 7) is 2.09. The molecule has 0 bridgehead atoms. The van der Waals surface area contributed by atoms with Crippen molar-refractivity contribution in [3.8, 4) is 0 Å². The standard InChI is InChI=1S/C11H16BrNS/c1-8-13-11(7-14-8)9-5-3-2-4-6-10(9)12/h7,9-10H,2-6H2,1H3. The minimum atomic E-state index is 0.645. The maximum atomic E-state index is 4.61. The molecule has 1 aliphatic rings. The highest BCUT2D eigenvalue weighted by Crippen LogP contribution is 2.36. The zero-order chi connectivity index (χ0) is 9.97. The number of aromatic nitrogens is 1. The first-order chi connectivity index (χ1) is 6.77. The Bertz CT molecular complexity index is 297. The number of hydrogen-bond acceptors (Lipinski definition) is 2. The maximum Gasteiger partial charge on any atom is 0.0897 e. The number of alkyl halides is 1. The minimum Gasteiger partial charge on any atom is -0.246 e. The molecule has 1 heterocycles. The van der Waals surface area contributed by atoms with Gasteiger partial charge in [-0.05, 0) is 19.8 Å². The van der Waals surface area contributed by atoms with E-state index in [-0.39, 0.29) is 0 Å². The van der Waals surface area contributed by atoms with Gasteiger partial charge < -0.3 is 0 Å². The summed E-state index contributed by atoms with van der Waals surface area (Å²) >= 11 is 5.59. The first-order valence-corrected chi connectivity index (χ1v) is 7.13. The molecule has 1 fully saturated rings. The van der Waals surface area contributed by atoms with Crippen molar-refractivity contribution in [2.24, 2.45) is 0 Å². The fourth-order valence-corrected chi connectivity index (χ4v) is 3.68. The lowest BCUT2D eigenvalue weighted by Gasteiger charge is -2.17. The predicted octanol–water partition coefficient (Wildman–Crippen LogP) is 4.26. The summed E-state index contributed by atoms with van der Waals surface area (Å²) in [5.41, 5.74) is 1.32. The van der Waals surface area contributed by atoms with E-state index in [1.807, 2.05) is 0 Å². The SMILES string of the molecule is Cc1nc(C2CCCCCC2Br)cs1. The van der Waals surface area contributed by atoms with Crippen LogP contribution in [0.1, 0.15) is 48.7 Å². The van der Waals surface area contributed by atoms with E-state index >= 15 is 0 Å². The van der Waals surface area contributed by atoms with Gasteiger partial charge in [-0.1, -0.05) is 35.2 Å². The van der Waals surface area contributed by atoms with Crippen LogP contribution in [-0.4, -0.2) is 9.81 Å². The third-order valence-corrected chi connectivity index (χ3v) is 4.84. The zero-order valence-electron chi connectivity index (χ0n) is 8.50. The Morgan fingerprint density at radius 1 is 1.36 bits per heavy atom. The zero-order valence-corrected chi connectivity index (χ0v) is 10.9. The molecule has 1 aromatic heterocycles. The van der Waals surface area contributed by atoms with Crippen LogP contribution in [0.3, 0.4) is 0 Å². The Labute approximate surface area is 98.1 Å². The molecule has 14 heavy (non-hydrogen) atoms. The number of rotatable bonds is 1. The van der Waals surface area contributed by atoms with E-state index in [1.54, 1.807) is 11.3 Å². The third-order valence-electron chi connectivity index (χ3n) is 2.95. The van der Waals surface area contributed by atoms with Gasteiger partial charge in [-0.15, -0.1) is 11.3 Å². The molecule has 0 spiro atoms. The van der Waals surface area contributed by atoms with Crippen molar-refractivity contribution in [3.05, 3.63) is 16.1 Å². The summed E-state index contributed by atoms with van der Waals surface area (Å²) in [7, 11) is 0. The number of hydrogen-bond donors (Lipinski definition) is 0. The molecule has 0 aliphatic heterocycles. The van der Waals surface area contributed by atoms with Crippen LogP contribution in [0.4, 0.5) is 0 Å². The molecule has 78 valence electrons. The molecule has 0 N–H and O–H groups in total. The Morgan fingerprint density at radius 2 is 2.14 bits per heavy atom. The molecule has 0 radical (unpaired) electrons. The van der Waals surface area contributed by atoms with Crippen LogP contribution in [0.5, 0.6) is 0 Å². The normalized spacial score (nSPS) is 28.7. The van der Waals surface area contributed by atoms with Crippen LogP contribution in [-0.2, 0) is 0 Å². The molecule has 1 saturated carbocycles. The molecule has 3 heteroatoms. The number of nitrogens with zero attached hydrogens (tertiary/aromatic N) is 1. The molecular formula is C11H16BrNS. The van der Waals surface area contributed by atoms with Crippen LogP contribution < -0.4 is 0 Å². The monoisotopic (exact) mass is 273 g/mol. The lowest BCUT2D eigenvalue weighted by Crippen LogP contribution is -2.10. The van der Waals surface area contributed by atoms with E-state index in [0.29, 0.717) is 10.7 Å². The van der Waals surface area contributed by atoms with Gasteiger partial charge in [0.05, 0.1) is 10.7 Å². The molecule has 0 saturated heterocycles. The van der Waals surface area contributed by atoms with Gasteiger partial charge in [0.1, 0.15) is 0 Å². The Morgan fingerprint density at radius 3 is 2.86 bits per heavy atom. The summed E-state index contributed by atoms with van der Waals surface area (Å²) in [6, 6.07) is 0. The summed E-state index contributed by atoms with van der Waals surface area (Å²) in [5.74, 6) is 0.655. The van der Waals surface area contributed by atoms with Gasteiger partial charge in [-0.2, -0.15) is 0 Å². The van der Waals surface area contributed by atoms with Gasteiger partial charge in [0, 0.05) is 16.1 Å². The van der Waals surface area contributed by atoms with Crippen LogP contribution >= 0.6 is 27.3 Å². The molecular weight excluding hydrogens is 258 g/mol. The predicted molar refractivity (Wildman–Crippen MR) is 65.4 cm³/mol. The van der Waals surface area contributed by atoms with Crippen molar-refractivity contribution < 1.29 is 0 Å². The fraction of sp³-hybridized carbons (Fsp3) is 0.727. The average Bonchev–Trinajstić information content (AvgIpc) is 2.46. The highest BCUT2D eigenvalue weighted by atomic mass is 79.9. The molecule has 2 rings (SSSR count). The molecule has 2 unspecified atom stereocenters. The quantitative estimate of drug-likeness (QED) is 0.550. The van der Waals surface area contributed by atoms with Crippen LogP contribution in [0, 0.1) is 6.92 Å². The second-order valence-electron chi connectivity index (χ2n) is 4.05. The topological polar surface area (TPSA) is 12.9 Å². The van der Waals surface area contributed by atoms with Crippen molar-refractivity contribution in [2.45, 2.75) is 49.8 Å². The largest absolute Gasteiger partial charge is 0.246 e. The number of thiazole rings is 1. The van der Waals surface area contributed by atoms with Crippen LogP contribution in [0.25, 0.3) is 0 Å². The van der Waals surface area contributed by atoms with Gasteiger partial charge in [0.25, 0.3) is 0 Å². The molecule has 2 atom stereocenters. The summed E-state index contributed by atoms with van der Waals surface area (Å²) in [5, 5.41) is 3.43. The smallest absolute Gasteiger partial charge is 0.0897 e. The average molecular weight is 274 g/mol. The molecule has 1 nitrogen and oxygen atoms in total. The van der Waals surface area contributed by atoms with E-state index in [9.17, 15) is 0 Å². The summed E-state index contributed by atoms with van der Waals surface area (Å²) in [6.07, 6.45) is 6.74.